The average Bonchev–Trinajstić information content (AvgIpc) is 2.67. The highest BCUT2D eigenvalue weighted by Crippen LogP contribution is 1.99. The highest BCUT2D eigenvalue weighted by Gasteiger charge is 2.21. The highest BCUT2D eigenvalue weighted by atomic mass is 16.2. The van der Waals surface area contributed by atoms with E-state index in [1.165, 1.54) is 6.20 Å². The van der Waals surface area contributed by atoms with Gasteiger partial charge in [-0.1, -0.05) is 0 Å². The molecule has 0 saturated heterocycles. The van der Waals surface area contributed by atoms with Gasteiger partial charge < -0.3 is 10.6 Å². The van der Waals surface area contributed by atoms with Crippen molar-refractivity contribution in [1.29, 1.82) is 0 Å². The number of carbonyl (C=O) groups excluding carboxylic acids is 2. The molecule has 7 nitrogen and oxygen atoms in total. The van der Waals surface area contributed by atoms with E-state index in [1.807, 2.05) is 20.8 Å². The molecule has 1 heterocycles. The Morgan fingerprint density at radius 1 is 1.41 bits per heavy atom. The van der Waals surface area contributed by atoms with Crippen LogP contribution in [0.4, 0.5) is 0 Å². The van der Waals surface area contributed by atoms with E-state index in [4.69, 9.17) is 0 Å². The zero-order chi connectivity index (χ0) is 13.1. The summed E-state index contributed by atoms with van der Waals surface area (Å²) in [6, 6.07) is -0.626. The lowest BCUT2D eigenvalue weighted by Gasteiger charge is -2.23. The van der Waals surface area contributed by atoms with Crippen LogP contribution in [0.15, 0.2) is 6.20 Å². The summed E-state index contributed by atoms with van der Waals surface area (Å²) >= 11 is 0. The average molecular weight is 239 g/mol. The maximum atomic E-state index is 11.7. The first-order valence-electron chi connectivity index (χ1n) is 5.28. The van der Waals surface area contributed by atoms with Gasteiger partial charge in [-0.25, -0.2) is 0 Å². The Kier molecular flexibility index (Phi) is 3.82. The van der Waals surface area contributed by atoms with Crippen LogP contribution in [0.5, 0.6) is 0 Å². The van der Waals surface area contributed by atoms with Crippen LogP contribution >= 0.6 is 0 Å². The molecule has 7 heteroatoms. The van der Waals surface area contributed by atoms with Crippen molar-refractivity contribution >= 4 is 11.8 Å². The summed E-state index contributed by atoms with van der Waals surface area (Å²) in [5, 5.41) is 14.8. The number of carbonyl (C=O) groups is 2. The molecule has 0 bridgehead atoms. The molecule has 1 unspecified atom stereocenters. The van der Waals surface area contributed by atoms with Crippen LogP contribution in [0.3, 0.4) is 0 Å². The first-order valence-corrected chi connectivity index (χ1v) is 5.28. The fourth-order valence-electron chi connectivity index (χ4n) is 1.12. The van der Waals surface area contributed by atoms with Crippen molar-refractivity contribution in [3.05, 3.63) is 11.9 Å². The van der Waals surface area contributed by atoms with E-state index < -0.39 is 11.9 Å². The largest absolute Gasteiger partial charge is 0.350 e. The molecule has 1 atom stereocenters. The fourth-order valence-corrected chi connectivity index (χ4v) is 1.12. The Hall–Kier alpha value is -1.92. The Balaban J connectivity index is 2.52. The first-order chi connectivity index (χ1) is 7.79. The first kappa shape index (κ1) is 13.1. The van der Waals surface area contributed by atoms with E-state index in [2.05, 4.69) is 26.0 Å². The van der Waals surface area contributed by atoms with Gasteiger partial charge in [0.25, 0.3) is 5.91 Å². The molecule has 0 aromatic carbocycles. The van der Waals surface area contributed by atoms with Gasteiger partial charge in [-0.15, -0.1) is 0 Å². The third-order valence-electron chi connectivity index (χ3n) is 1.89. The summed E-state index contributed by atoms with van der Waals surface area (Å²) in [6.45, 7) is 7.23. The van der Waals surface area contributed by atoms with Crippen LogP contribution in [0, 0.1) is 0 Å². The molecule has 1 rings (SSSR count). The number of aromatic amines is 1. The van der Waals surface area contributed by atoms with Crippen molar-refractivity contribution in [2.24, 2.45) is 0 Å². The number of H-pyrrole nitrogens is 1. The number of rotatable bonds is 3. The lowest BCUT2D eigenvalue weighted by molar-refractivity contribution is -0.124. The van der Waals surface area contributed by atoms with E-state index in [1.54, 1.807) is 6.92 Å². The number of hydrogen-bond donors (Lipinski definition) is 3. The molecule has 1 aromatic rings. The molecule has 17 heavy (non-hydrogen) atoms. The Morgan fingerprint density at radius 2 is 2.06 bits per heavy atom. The van der Waals surface area contributed by atoms with Crippen molar-refractivity contribution in [3.63, 3.8) is 0 Å². The van der Waals surface area contributed by atoms with Crippen LogP contribution in [-0.4, -0.2) is 38.8 Å². The van der Waals surface area contributed by atoms with Crippen LogP contribution in [0.2, 0.25) is 0 Å². The molecule has 0 saturated carbocycles. The van der Waals surface area contributed by atoms with Gasteiger partial charge >= 0.3 is 0 Å². The maximum absolute atomic E-state index is 11.7. The summed E-state index contributed by atoms with van der Waals surface area (Å²) in [4.78, 5) is 23.3. The minimum atomic E-state index is -0.626. The minimum Gasteiger partial charge on any atom is -0.350 e. The zero-order valence-corrected chi connectivity index (χ0v) is 10.4. The lowest BCUT2D eigenvalue weighted by Crippen LogP contribution is -2.50. The summed E-state index contributed by atoms with van der Waals surface area (Å²) in [6.07, 6.45) is 1.30. The molecular weight excluding hydrogens is 222 g/mol. The maximum Gasteiger partial charge on any atom is 0.274 e. The normalized spacial score (nSPS) is 12.9. The van der Waals surface area contributed by atoms with Gasteiger partial charge in [-0.05, 0) is 27.7 Å². The monoisotopic (exact) mass is 239 g/mol. The van der Waals surface area contributed by atoms with E-state index in [9.17, 15) is 9.59 Å². The Bertz CT molecular complexity index is 393. The molecule has 0 radical (unpaired) electrons. The number of amides is 2. The van der Waals surface area contributed by atoms with Gasteiger partial charge in [-0.2, -0.15) is 15.4 Å². The van der Waals surface area contributed by atoms with Crippen LogP contribution in [-0.2, 0) is 4.79 Å². The van der Waals surface area contributed by atoms with Crippen molar-refractivity contribution in [3.8, 4) is 0 Å². The van der Waals surface area contributed by atoms with Gasteiger partial charge in [0.15, 0.2) is 5.69 Å². The smallest absolute Gasteiger partial charge is 0.274 e. The second-order valence-electron chi connectivity index (χ2n) is 4.79. The highest BCUT2D eigenvalue weighted by molar-refractivity contribution is 5.95. The topological polar surface area (TPSA) is 99.8 Å². The number of nitrogens with zero attached hydrogens (tertiary/aromatic N) is 2. The molecule has 94 valence electrons. The van der Waals surface area contributed by atoms with Gasteiger partial charge in [0.2, 0.25) is 5.91 Å². The third kappa shape index (κ3) is 4.21. The predicted molar refractivity (Wildman–Crippen MR) is 61.2 cm³/mol. The number of hydrogen-bond acceptors (Lipinski definition) is 4. The third-order valence-corrected chi connectivity index (χ3v) is 1.89. The van der Waals surface area contributed by atoms with Crippen LogP contribution in [0.1, 0.15) is 38.2 Å². The number of aromatic nitrogens is 3. The molecule has 0 aliphatic carbocycles. The van der Waals surface area contributed by atoms with Crippen molar-refractivity contribution in [2.75, 3.05) is 0 Å². The van der Waals surface area contributed by atoms with Crippen LogP contribution < -0.4 is 10.6 Å². The molecule has 1 aromatic heterocycles. The summed E-state index contributed by atoms with van der Waals surface area (Å²) in [5.41, 5.74) is -0.176. The van der Waals surface area contributed by atoms with Gasteiger partial charge in [0.05, 0.1) is 6.20 Å². The van der Waals surface area contributed by atoms with Crippen molar-refractivity contribution in [2.45, 2.75) is 39.3 Å². The Morgan fingerprint density at radius 3 is 2.53 bits per heavy atom. The van der Waals surface area contributed by atoms with Crippen LogP contribution in [0.25, 0.3) is 0 Å². The molecule has 0 aliphatic rings. The summed E-state index contributed by atoms with van der Waals surface area (Å²) in [5.74, 6) is -0.676. The van der Waals surface area contributed by atoms with E-state index in [0.717, 1.165) is 0 Å². The molecule has 2 amide bonds. The summed E-state index contributed by atoms with van der Waals surface area (Å²) < 4.78 is 0. The lowest BCUT2D eigenvalue weighted by atomic mass is 10.1. The number of nitrogens with one attached hydrogen (secondary N) is 3. The molecular formula is C10H17N5O2. The van der Waals surface area contributed by atoms with Gasteiger partial charge in [0, 0.05) is 5.54 Å². The molecule has 0 spiro atoms. The van der Waals surface area contributed by atoms with E-state index >= 15 is 0 Å². The fraction of sp³-hybridized carbons (Fsp3) is 0.600. The van der Waals surface area contributed by atoms with E-state index in [0.29, 0.717) is 0 Å². The van der Waals surface area contributed by atoms with Crippen molar-refractivity contribution < 1.29 is 9.59 Å². The predicted octanol–water partition coefficient (Wildman–Crippen LogP) is -0.162. The van der Waals surface area contributed by atoms with Gasteiger partial charge in [0.1, 0.15) is 6.04 Å². The quantitative estimate of drug-likeness (QED) is 0.682. The minimum absolute atomic E-state index is 0.153. The SMILES string of the molecule is CC(NC(=O)c1cn[nH]n1)C(=O)NC(C)(C)C. The zero-order valence-electron chi connectivity index (χ0n) is 10.4. The molecule has 0 fully saturated rings. The van der Waals surface area contributed by atoms with Crippen molar-refractivity contribution in [1.82, 2.24) is 26.0 Å². The second-order valence-corrected chi connectivity index (χ2v) is 4.79. The second kappa shape index (κ2) is 4.94. The van der Waals surface area contributed by atoms with Gasteiger partial charge in [-0.3, -0.25) is 9.59 Å². The summed E-state index contributed by atoms with van der Waals surface area (Å²) in [7, 11) is 0. The standard InChI is InChI=1S/C10H17N5O2/c1-6(8(16)13-10(2,3)4)12-9(17)7-5-11-15-14-7/h5-6H,1-4H3,(H,12,17)(H,13,16)(H,11,14,15). The molecule has 3 N–H and O–H groups in total. The Labute approximate surface area is 99.4 Å². The molecule has 0 aliphatic heterocycles. The van der Waals surface area contributed by atoms with E-state index in [-0.39, 0.29) is 17.1 Å².